The molecule has 2 aromatic rings. The summed E-state index contributed by atoms with van der Waals surface area (Å²) in [7, 11) is 0. The molecule has 1 amide bonds. The molecule has 0 atom stereocenters. The van der Waals surface area contributed by atoms with Crippen molar-refractivity contribution >= 4 is 34.9 Å². The number of benzene rings is 2. The number of ketones is 1. The maximum atomic E-state index is 12.1. The minimum atomic E-state index is -0.609. The highest BCUT2D eigenvalue weighted by molar-refractivity contribution is 6.30. The second kappa shape index (κ2) is 10.5. The van der Waals surface area contributed by atoms with Crippen molar-refractivity contribution in [3.63, 3.8) is 0 Å². The Kier molecular flexibility index (Phi) is 8.02. The number of nitrogens with one attached hydrogen (secondary N) is 1. The summed E-state index contributed by atoms with van der Waals surface area (Å²) in [4.78, 5) is 35.8. The van der Waals surface area contributed by atoms with E-state index in [0.717, 1.165) is 5.56 Å². The Hall–Kier alpha value is -2.86. The first kappa shape index (κ1) is 21.4. The summed E-state index contributed by atoms with van der Waals surface area (Å²) in [5, 5.41) is 3.21. The molecule has 0 saturated carbocycles. The number of ether oxygens (including phenoxy) is 2. The molecule has 0 radical (unpaired) electrons. The van der Waals surface area contributed by atoms with Crippen LogP contribution in [0.25, 0.3) is 0 Å². The van der Waals surface area contributed by atoms with Gasteiger partial charge in [0, 0.05) is 22.7 Å². The molecule has 0 spiro atoms. The van der Waals surface area contributed by atoms with Crippen molar-refractivity contribution in [2.24, 2.45) is 0 Å². The third-order valence-corrected chi connectivity index (χ3v) is 4.11. The number of carbonyl (C=O) groups excluding carboxylic acids is 3. The van der Waals surface area contributed by atoms with Gasteiger partial charge in [0.15, 0.2) is 12.4 Å². The van der Waals surface area contributed by atoms with E-state index in [0.29, 0.717) is 28.6 Å². The lowest BCUT2D eigenvalue weighted by Crippen LogP contribution is -2.21. The van der Waals surface area contributed by atoms with E-state index in [1.807, 2.05) is 6.92 Å². The SMILES string of the molecule is CCOc1ccc(C(=O)CCC(=O)OCC(=O)Nc2ccc(Cl)cc2C)cc1. The minimum Gasteiger partial charge on any atom is -0.494 e. The average molecular weight is 404 g/mol. The quantitative estimate of drug-likeness (QED) is 0.501. The van der Waals surface area contributed by atoms with E-state index in [4.69, 9.17) is 21.1 Å². The van der Waals surface area contributed by atoms with Crippen LogP contribution in [0.1, 0.15) is 35.7 Å². The van der Waals surface area contributed by atoms with Crippen LogP contribution in [-0.4, -0.2) is 30.9 Å². The molecule has 0 aliphatic rings. The van der Waals surface area contributed by atoms with Gasteiger partial charge in [-0.05, 0) is 61.9 Å². The van der Waals surface area contributed by atoms with E-state index in [1.165, 1.54) is 0 Å². The Bertz CT molecular complexity index is 848. The molecule has 0 saturated heterocycles. The van der Waals surface area contributed by atoms with Crippen molar-refractivity contribution in [3.05, 3.63) is 58.6 Å². The number of Topliss-reactive ketones (excluding diaryl/α,β-unsaturated/α-hetero) is 1. The van der Waals surface area contributed by atoms with Gasteiger partial charge in [0.25, 0.3) is 5.91 Å². The third-order valence-electron chi connectivity index (χ3n) is 3.87. The van der Waals surface area contributed by atoms with Crippen molar-refractivity contribution in [2.45, 2.75) is 26.7 Å². The third kappa shape index (κ3) is 6.70. The fourth-order valence-electron chi connectivity index (χ4n) is 2.44. The fraction of sp³-hybridized carbons (Fsp3) is 0.286. The Morgan fingerprint density at radius 2 is 1.75 bits per heavy atom. The largest absolute Gasteiger partial charge is 0.494 e. The molecule has 0 aromatic heterocycles. The van der Waals surface area contributed by atoms with Crippen LogP contribution >= 0.6 is 11.6 Å². The van der Waals surface area contributed by atoms with E-state index in [1.54, 1.807) is 49.4 Å². The summed E-state index contributed by atoms with van der Waals surface area (Å²) in [6.45, 7) is 3.81. The van der Waals surface area contributed by atoms with Gasteiger partial charge in [-0.1, -0.05) is 11.6 Å². The van der Waals surface area contributed by atoms with Crippen molar-refractivity contribution in [2.75, 3.05) is 18.5 Å². The van der Waals surface area contributed by atoms with Gasteiger partial charge in [-0.3, -0.25) is 14.4 Å². The van der Waals surface area contributed by atoms with Crippen LogP contribution in [0.3, 0.4) is 0 Å². The summed E-state index contributed by atoms with van der Waals surface area (Å²) in [5.74, 6) is -0.569. The lowest BCUT2D eigenvalue weighted by atomic mass is 10.1. The Balaban J connectivity index is 1.74. The van der Waals surface area contributed by atoms with Gasteiger partial charge in [0.05, 0.1) is 13.0 Å². The second-order valence-electron chi connectivity index (χ2n) is 6.05. The van der Waals surface area contributed by atoms with Gasteiger partial charge in [-0.2, -0.15) is 0 Å². The number of carbonyl (C=O) groups is 3. The van der Waals surface area contributed by atoms with E-state index in [2.05, 4.69) is 5.32 Å². The molecule has 0 unspecified atom stereocenters. The first-order valence-corrected chi connectivity index (χ1v) is 9.24. The maximum absolute atomic E-state index is 12.1. The first-order valence-electron chi connectivity index (χ1n) is 8.86. The molecule has 1 N–H and O–H groups in total. The van der Waals surface area contributed by atoms with Crippen LogP contribution in [-0.2, 0) is 14.3 Å². The molecule has 0 heterocycles. The van der Waals surface area contributed by atoms with Gasteiger partial charge in [0.1, 0.15) is 5.75 Å². The number of anilines is 1. The molecule has 0 fully saturated rings. The minimum absolute atomic E-state index is 0.00469. The van der Waals surface area contributed by atoms with Crippen LogP contribution in [0.4, 0.5) is 5.69 Å². The summed E-state index contributed by atoms with van der Waals surface area (Å²) in [6.07, 6.45) is -0.0932. The van der Waals surface area contributed by atoms with Crippen molar-refractivity contribution in [1.29, 1.82) is 0 Å². The molecule has 0 aliphatic carbocycles. The summed E-state index contributed by atoms with van der Waals surface area (Å²) in [6, 6.07) is 11.8. The number of amides is 1. The molecule has 0 aliphatic heterocycles. The lowest BCUT2D eigenvalue weighted by molar-refractivity contribution is -0.147. The highest BCUT2D eigenvalue weighted by atomic mass is 35.5. The highest BCUT2D eigenvalue weighted by Gasteiger charge is 2.13. The molecule has 2 aromatic carbocycles. The number of aryl methyl sites for hydroxylation is 1. The zero-order valence-corrected chi connectivity index (χ0v) is 16.5. The summed E-state index contributed by atoms with van der Waals surface area (Å²) in [5.41, 5.74) is 1.89. The number of esters is 1. The lowest BCUT2D eigenvalue weighted by Gasteiger charge is -2.09. The smallest absolute Gasteiger partial charge is 0.306 e. The van der Waals surface area contributed by atoms with Crippen molar-refractivity contribution in [1.82, 2.24) is 0 Å². The molecule has 0 bridgehead atoms. The molecule has 6 nitrogen and oxygen atoms in total. The van der Waals surface area contributed by atoms with Crippen LogP contribution in [0.2, 0.25) is 5.02 Å². The molecule has 7 heteroatoms. The molecule has 2 rings (SSSR count). The van der Waals surface area contributed by atoms with Gasteiger partial charge >= 0.3 is 5.97 Å². The molecule has 28 heavy (non-hydrogen) atoms. The first-order chi connectivity index (χ1) is 13.4. The molecular formula is C21H22ClNO5. The zero-order valence-electron chi connectivity index (χ0n) is 15.8. The molecule has 148 valence electrons. The van der Waals surface area contributed by atoms with Gasteiger partial charge in [-0.25, -0.2) is 0 Å². The van der Waals surface area contributed by atoms with E-state index in [-0.39, 0.29) is 18.6 Å². The topological polar surface area (TPSA) is 81.7 Å². The number of hydrogen-bond donors (Lipinski definition) is 1. The normalized spacial score (nSPS) is 10.2. The van der Waals surface area contributed by atoms with Crippen LogP contribution in [0.5, 0.6) is 5.75 Å². The van der Waals surface area contributed by atoms with Crippen LogP contribution in [0.15, 0.2) is 42.5 Å². The fourth-order valence-corrected chi connectivity index (χ4v) is 2.66. The second-order valence-corrected chi connectivity index (χ2v) is 6.49. The predicted molar refractivity (Wildman–Crippen MR) is 107 cm³/mol. The maximum Gasteiger partial charge on any atom is 0.306 e. The van der Waals surface area contributed by atoms with E-state index < -0.39 is 18.5 Å². The molecular weight excluding hydrogens is 382 g/mol. The number of rotatable bonds is 9. The van der Waals surface area contributed by atoms with E-state index >= 15 is 0 Å². The van der Waals surface area contributed by atoms with Crippen molar-refractivity contribution < 1.29 is 23.9 Å². The van der Waals surface area contributed by atoms with Gasteiger partial charge in [-0.15, -0.1) is 0 Å². The summed E-state index contributed by atoms with van der Waals surface area (Å²) >= 11 is 5.87. The number of hydrogen-bond acceptors (Lipinski definition) is 5. The van der Waals surface area contributed by atoms with E-state index in [9.17, 15) is 14.4 Å². The van der Waals surface area contributed by atoms with Gasteiger partial charge < -0.3 is 14.8 Å². The predicted octanol–water partition coefficient (Wildman–Crippen LogP) is 4.19. The standard InChI is InChI=1S/C21H22ClNO5/c1-3-27-17-7-4-15(5-8-17)19(24)10-11-21(26)28-13-20(25)23-18-9-6-16(22)12-14(18)2/h4-9,12H,3,10-11,13H2,1-2H3,(H,23,25). The Labute approximate surface area is 168 Å². The Morgan fingerprint density at radius 3 is 2.39 bits per heavy atom. The number of halogens is 1. The Morgan fingerprint density at radius 1 is 1.04 bits per heavy atom. The van der Waals surface area contributed by atoms with Crippen LogP contribution < -0.4 is 10.1 Å². The van der Waals surface area contributed by atoms with Gasteiger partial charge in [0.2, 0.25) is 0 Å². The van der Waals surface area contributed by atoms with Crippen LogP contribution in [0, 0.1) is 6.92 Å². The zero-order chi connectivity index (χ0) is 20.5. The highest BCUT2D eigenvalue weighted by Crippen LogP contribution is 2.19. The monoisotopic (exact) mass is 403 g/mol. The van der Waals surface area contributed by atoms with Crippen molar-refractivity contribution in [3.8, 4) is 5.75 Å². The summed E-state index contributed by atoms with van der Waals surface area (Å²) < 4.78 is 10.2. The average Bonchev–Trinajstić information content (AvgIpc) is 2.67.